The molecule has 0 bridgehead atoms. The zero-order valence-electron chi connectivity index (χ0n) is 21.3. The van der Waals surface area contributed by atoms with Gasteiger partial charge in [0.25, 0.3) is 0 Å². The number of fused-ring (bicyclic) bond motifs is 1. The van der Waals surface area contributed by atoms with Crippen LogP contribution in [0, 0.1) is 0 Å². The van der Waals surface area contributed by atoms with Gasteiger partial charge in [-0.1, -0.05) is 26.8 Å². The molecule has 1 aromatic carbocycles. The Kier molecular flexibility index (Phi) is 6.68. The van der Waals surface area contributed by atoms with Crippen molar-refractivity contribution in [3.63, 3.8) is 0 Å². The highest BCUT2D eigenvalue weighted by molar-refractivity contribution is 6.74. The van der Waals surface area contributed by atoms with Crippen molar-refractivity contribution in [3.8, 4) is 0 Å². The van der Waals surface area contributed by atoms with Gasteiger partial charge in [-0.05, 0) is 87.7 Å². The Hall–Kier alpha value is -1.35. The van der Waals surface area contributed by atoms with Crippen LogP contribution in [-0.2, 0) is 26.6 Å². The monoisotopic (exact) mass is 461 g/mol. The van der Waals surface area contributed by atoms with Crippen molar-refractivity contribution in [2.45, 2.75) is 97.1 Å². The van der Waals surface area contributed by atoms with Crippen molar-refractivity contribution in [1.29, 1.82) is 0 Å². The molecule has 0 aliphatic carbocycles. The summed E-state index contributed by atoms with van der Waals surface area (Å²) in [6.45, 7) is 20.7. The van der Waals surface area contributed by atoms with Crippen LogP contribution in [0.5, 0.6) is 0 Å². The van der Waals surface area contributed by atoms with Crippen molar-refractivity contribution in [1.82, 2.24) is 0 Å². The van der Waals surface area contributed by atoms with Crippen LogP contribution in [0.4, 0.5) is 10.5 Å². The van der Waals surface area contributed by atoms with Gasteiger partial charge in [0.2, 0.25) is 0 Å². The summed E-state index contributed by atoms with van der Waals surface area (Å²) in [7, 11) is -2.26. The number of anilines is 1. The highest BCUT2D eigenvalue weighted by atomic mass is 28.4. The summed E-state index contributed by atoms with van der Waals surface area (Å²) in [5.74, 6) is 0. The lowest BCUT2D eigenvalue weighted by atomic mass is 9.73. The van der Waals surface area contributed by atoms with E-state index in [1.54, 1.807) is 0 Å². The molecule has 0 unspecified atom stereocenters. The second-order valence-electron chi connectivity index (χ2n) is 11.6. The maximum absolute atomic E-state index is 11.7. The van der Waals surface area contributed by atoms with Gasteiger partial charge in [0.1, 0.15) is 0 Å². The van der Waals surface area contributed by atoms with Crippen LogP contribution < -0.4 is 10.4 Å². The van der Waals surface area contributed by atoms with Crippen LogP contribution in [0.3, 0.4) is 0 Å². The van der Waals surface area contributed by atoms with E-state index in [9.17, 15) is 9.90 Å². The molecule has 6 nitrogen and oxygen atoms in total. The molecule has 178 valence electrons. The minimum Gasteiger partial charge on any atom is -0.465 e. The zero-order chi connectivity index (χ0) is 24.1. The number of nitrogens with zero attached hydrogens (tertiary/aromatic N) is 1. The average Bonchev–Trinajstić information content (AvgIpc) is 3.16. The minimum absolute atomic E-state index is 0.177. The molecular formula is C24H40BNO5Si. The van der Waals surface area contributed by atoms with Gasteiger partial charge in [0.15, 0.2) is 8.32 Å². The zero-order valence-corrected chi connectivity index (χ0v) is 22.3. The van der Waals surface area contributed by atoms with Gasteiger partial charge in [-0.3, -0.25) is 4.90 Å². The molecule has 0 aromatic heterocycles. The van der Waals surface area contributed by atoms with E-state index in [4.69, 9.17) is 13.7 Å². The highest BCUT2D eigenvalue weighted by Gasteiger charge is 2.52. The molecular weight excluding hydrogens is 421 g/mol. The lowest BCUT2D eigenvalue weighted by Crippen LogP contribution is -2.41. The van der Waals surface area contributed by atoms with Crippen LogP contribution in [0.25, 0.3) is 0 Å². The summed E-state index contributed by atoms with van der Waals surface area (Å²) in [6, 6.07) is 3.90. The maximum Gasteiger partial charge on any atom is 0.495 e. The molecule has 0 saturated carbocycles. The lowest BCUT2D eigenvalue weighted by molar-refractivity contribution is 0.00578. The van der Waals surface area contributed by atoms with Gasteiger partial charge in [-0.25, -0.2) is 4.79 Å². The molecule has 1 saturated heterocycles. The van der Waals surface area contributed by atoms with Crippen molar-refractivity contribution in [3.05, 3.63) is 23.3 Å². The summed E-state index contributed by atoms with van der Waals surface area (Å²) < 4.78 is 19.1. The Bertz CT molecular complexity index is 862. The number of hydrogen-bond acceptors (Lipinski definition) is 4. The van der Waals surface area contributed by atoms with Gasteiger partial charge >= 0.3 is 13.2 Å². The van der Waals surface area contributed by atoms with E-state index in [1.165, 1.54) is 4.90 Å². The summed E-state index contributed by atoms with van der Waals surface area (Å²) >= 11 is 0. The van der Waals surface area contributed by atoms with E-state index >= 15 is 0 Å². The van der Waals surface area contributed by atoms with Crippen molar-refractivity contribution in [2.75, 3.05) is 18.1 Å². The average molecular weight is 461 g/mol. The third kappa shape index (κ3) is 4.65. The second kappa shape index (κ2) is 8.46. The summed E-state index contributed by atoms with van der Waals surface area (Å²) in [4.78, 5) is 13.2. The summed E-state index contributed by atoms with van der Waals surface area (Å²) in [5, 5.41) is 9.79. The molecule has 1 fully saturated rings. The molecule has 2 aliphatic rings. The molecule has 2 heterocycles. The van der Waals surface area contributed by atoms with Gasteiger partial charge in [0.05, 0.1) is 16.9 Å². The Morgan fingerprint density at radius 3 is 2.31 bits per heavy atom. The molecule has 0 radical (unpaired) electrons. The molecule has 32 heavy (non-hydrogen) atoms. The molecule has 2 aliphatic heterocycles. The number of carboxylic acid groups (broad SMARTS) is 1. The van der Waals surface area contributed by atoms with Crippen LogP contribution in [0.1, 0.15) is 66.0 Å². The number of carbonyl (C=O) groups is 1. The Labute approximate surface area is 194 Å². The van der Waals surface area contributed by atoms with E-state index < -0.39 is 32.7 Å². The van der Waals surface area contributed by atoms with Crippen LogP contribution in [0.15, 0.2) is 12.1 Å². The topological polar surface area (TPSA) is 68.2 Å². The summed E-state index contributed by atoms with van der Waals surface area (Å²) in [6.07, 6.45) is 1.50. The predicted octanol–water partition coefficient (Wildman–Crippen LogP) is 4.98. The number of hydrogen-bond donors (Lipinski definition) is 1. The van der Waals surface area contributed by atoms with E-state index in [2.05, 4.69) is 61.6 Å². The first kappa shape index (κ1) is 25.3. The smallest absolute Gasteiger partial charge is 0.465 e. The number of benzene rings is 1. The maximum atomic E-state index is 11.7. The molecule has 3 rings (SSSR count). The quantitative estimate of drug-likeness (QED) is 0.478. The summed E-state index contributed by atoms with van der Waals surface area (Å²) in [5.41, 5.74) is 3.22. The fourth-order valence-corrected chi connectivity index (χ4v) is 5.14. The molecule has 1 aromatic rings. The van der Waals surface area contributed by atoms with E-state index in [0.717, 1.165) is 35.1 Å². The number of rotatable bonds is 6. The first-order valence-corrected chi connectivity index (χ1v) is 14.6. The third-order valence-electron chi connectivity index (χ3n) is 7.90. The first-order chi connectivity index (χ1) is 14.6. The van der Waals surface area contributed by atoms with Crippen molar-refractivity contribution < 1.29 is 23.6 Å². The van der Waals surface area contributed by atoms with Gasteiger partial charge in [-0.15, -0.1) is 0 Å². The van der Waals surface area contributed by atoms with E-state index in [-0.39, 0.29) is 5.04 Å². The van der Waals surface area contributed by atoms with E-state index in [0.29, 0.717) is 19.6 Å². The predicted molar refractivity (Wildman–Crippen MR) is 133 cm³/mol. The van der Waals surface area contributed by atoms with Gasteiger partial charge < -0.3 is 18.8 Å². The van der Waals surface area contributed by atoms with Crippen molar-refractivity contribution in [2.24, 2.45) is 0 Å². The largest absolute Gasteiger partial charge is 0.495 e. The molecule has 0 spiro atoms. The SMILES string of the molecule is CC1(C)OB(c2ccc3c(c2CCCO[Si](C)(C)C(C)(C)C)CCN3C(=O)O)OC1(C)C. The van der Waals surface area contributed by atoms with Crippen LogP contribution in [0.2, 0.25) is 18.1 Å². The van der Waals surface area contributed by atoms with Gasteiger partial charge in [-0.2, -0.15) is 0 Å². The fraction of sp³-hybridized carbons (Fsp3) is 0.708. The molecule has 1 N–H and O–H groups in total. The van der Waals surface area contributed by atoms with Crippen molar-refractivity contribution >= 4 is 32.7 Å². The molecule has 0 atom stereocenters. The highest BCUT2D eigenvalue weighted by Crippen LogP contribution is 2.39. The number of amides is 1. The van der Waals surface area contributed by atoms with Crippen LogP contribution >= 0.6 is 0 Å². The van der Waals surface area contributed by atoms with Gasteiger partial charge in [0, 0.05) is 13.2 Å². The Morgan fingerprint density at radius 1 is 1.19 bits per heavy atom. The normalized spacial score (nSPS) is 20.0. The van der Waals surface area contributed by atoms with E-state index in [1.807, 2.05) is 12.1 Å². The first-order valence-electron chi connectivity index (χ1n) is 11.7. The third-order valence-corrected chi connectivity index (χ3v) is 12.4. The Morgan fingerprint density at radius 2 is 1.78 bits per heavy atom. The second-order valence-corrected chi connectivity index (χ2v) is 16.4. The van der Waals surface area contributed by atoms with Crippen LogP contribution in [-0.4, -0.2) is 51.0 Å². The molecule has 1 amide bonds. The minimum atomic E-state index is -1.80. The molecule has 8 heteroatoms. The standard InChI is InChI=1S/C24H40BNO5Si/c1-22(2,3)32(8,9)29-16-10-11-17-18-14-15-26(21(27)28)20(18)13-12-19(17)25-30-23(4,5)24(6,7)31-25/h12-13H,10-11,14-16H2,1-9H3,(H,27,28). The lowest BCUT2D eigenvalue weighted by Gasteiger charge is -2.36. The fourth-order valence-electron chi connectivity index (χ4n) is 4.05. The Balaban J connectivity index is 1.87.